The monoisotopic (exact) mass is 312 g/mol. The molecule has 2 aromatic rings. The van der Waals surface area contributed by atoms with Crippen molar-refractivity contribution in [2.45, 2.75) is 0 Å². The van der Waals surface area contributed by atoms with Crippen molar-refractivity contribution in [3.8, 4) is 11.5 Å². The molecular formula is C13H7BrF2O2. The Bertz CT molecular complexity index is 600. The van der Waals surface area contributed by atoms with E-state index in [0.717, 1.165) is 6.07 Å². The van der Waals surface area contributed by atoms with E-state index in [1.807, 2.05) is 0 Å². The first-order valence-corrected chi connectivity index (χ1v) is 5.77. The van der Waals surface area contributed by atoms with Gasteiger partial charge in [-0.3, -0.25) is 4.79 Å². The smallest absolute Gasteiger partial charge is 0.156 e. The summed E-state index contributed by atoms with van der Waals surface area (Å²) in [5, 5.41) is 0. The second-order valence-corrected chi connectivity index (χ2v) is 4.30. The Labute approximate surface area is 110 Å². The van der Waals surface area contributed by atoms with Crippen molar-refractivity contribution < 1.29 is 18.3 Å². The molecular weight excluding hydrogens is 306 g/mol. The van der Waals surface area contributed by atoms with E-state index in [9.17, 15) is 13.6 Å². The van der Waals surface area contributed by atoms with Crippen molar-refractivity contribution in [1.82, 2.24) is 0 Å². The van der Waals surface area contributed by atoms with Crippen LogP contribution < -0.4 is 4.74 Å². The summed E-state index contributed by atoms with van der Waals surface area (Å²) in [5.41, 5.74) is -0.169. The van der Waals surface area contributed by atoms with Gasteiger partial charge in [-0.1, -0.05) is 6.07 Å². The fourth-order valence-corrected chi connectivity index (χ4v) is 1.75. The highest BCUT2D eigenvalue weighted by atomic mass is 79.9. The number of benzene rings is 2. The molecule has 0 aliphatic rings. The average Bonchev–Trinajstić information content (AvgIpc) is 2.34. The Hall–Kier alpha value is -1.75. The van der Waals surface area contributed by atoms with Crippen molar-refractivity contribution in [3.05, 3.63) is 58.1 Å². The molecule has 0 aromatic heterocycles. The summed E-state index contributed by atoms with van der Waals surface area (Å²) in [6.45, 7) is 0. The fraction of sp³-hybridized carbons (Fsp3) is 0. The van der Waals surface area contributed by atoms with Crippen molar-refractivity contribution in [1.29, 1.82) is 0 Å². The van der Waals surface area contributed by atoms with Gasteiger partial charge >= 0.3 is 0 Å². The Morgan fingerprint density at radius 1 is 1.11 bits per heavy atom. The van der Waals surface area contributed by atoms with Crippen LogP contribution in [0.5, 0.6) is 11.5 Å². The molecule has 5 heteroatoms. The van der Waals surface area contributed by atoms with E-state index in [1.165, 1.54) is 30.3 Å². The maximum atomic E-state index is 13.3. The lowest BCUT2D eigenvalue weighted by atomic mass is 10.2. The number of carbonyl (C=O) groups excluding carboxylic acids is 1. The molecule has 2 nitrogen and oxygen atoms in total. The first-order valence-electron chi connectivity index (χ1n) is 4.98. The van der Waals surface area contributed by atoms with Gasteiger partial charge in [-0.25, -0.2) is 8.78 Å². The van der Waals surface area contributed by atoms with Gasteiger partial charge in [0.05, 0.1) is 10.0 Å². The van der Waals surface area contributed by atoms with Crippen LogP contribution in [0.3, 0.4) is 0 Å². The number of hydrogen-bond donors (Lipinski definition) is 0. The number of carbonyl (C=O) groups is 1. The van der Waals surface area contributed by atoms with Gasteiger partial charge in [-0.2, -0.15) is 0 Å². The van der Waals surface area contributed by atoms with Gasteiger partial charge in [0.15, 0.2) is 6.29 Å². The molecule has 0 amide bonds. The van der Waals surface area contributed by atoms with Crippen molar-refractivity contribution in [2.75, 3.05) is 0 Å². The van der Waals surface area contributed by atoms with E-state index in [4.69, 9.17) is 4.74 Å². The average molecular weight is 313 g/mol. The van der Waals surface area contributed by atoms with E-state index >= 15 is 0 Å². The molecule has 0 saturated heterocycles. The fourth-order valence-electron chi connectivity index (χ4n) is 1.39. The van der Waals surface area contributed by atoms with E-state index in [2.05, 4.69) is 15.9 Å². The molecule has 2 aromatic carbocycles. The summed E-state index contributed by atoms with van der Waals surface area (Å²) >= 11 is 3.01. The zero-order chi connectivity index (χ0) is 13.1. The van der Waals surface area contributed by atoms with Crippen LogP contribution in [0.15, 0.2) is 40.9 Å². The number of halogens is 3. The topological polar surface area (TPSA) is 26.3 Å². The predicted molar refractivity (Wildman–Crippen MR) is 66.0 cm³/mol. The molecule has 0 bridgehead atoms. The lowest BCUT2D eigenvalue weighted by Gasteiger charge is -2.08. The molecule has 0 radical (unpaired) electrons. The van der Waals surface area contributed by atoms with Crippen molar-refractivity contribution in [2.24, 2.45) is 0 Å². The van der Waals surface area contributed by atoms with Crippen LogP contribution in [-0.4, -0.2) is 6.29 Å². The van der Waals surface area contributed by atoms with Crippen LogP contribution in [0.2, 0.25) is 0 Å². The molecule has 0 N–H and O–H groups in total. The van der Waals surface area contributed by atoms with Gasteiger partial charge in [0.25, 0.3) is 0 Å². The van der Waals surface area contributed by atoms with Gasteiger partial charge in [0.1, 0.15) is 23.1 Å². The van der Waals surface area contributed by atoms with Crippen LogP contribution >= 0.6 is 15.9 Å². The SMILES string of the molecule is O=Cc1c(F)cccc1Oc1ccc(F)c(Br)c1. The van der Waals surface area contributed by atoms with Gasteiger partial charge in [0, 0.05) is 0 Å². The number of aldehydes is 1. The molecule has 0 heterocycles. The largest absolute Gasteiger partial charge is 0.456 e. The minimum Gasteiger partial charge on any atom is -0.456 e. The van der Waals surface area contributed by atoms with Crippen LogP contribution in [0, 0.1) is 11.6 Å². The molecule has 0 aliphatic heterocycles. The quantitative estimate of drug-likeness (QED) is 0.788. The molecule has 18 heavy (non-hydrogen) atoms. The third kappa shape index (κ3) is 2.56. The molecule has 0 saturated carbocycles. The second kappa shape index (κ2) is 5.27. The van der Waals surface area contributed by atoms with Gasteiger partial charge < -0.3 is 4.74 Å². The van der Waals surface area contributed by atoms with E-state index < -0.39 is 11.6 Å². The van der Waals surface area contributed by atoms with Crippen LogP contribution in [0.4, 0.5) is 8.78 Å². The Balaban J connectivity index is 2.36. The van der Waals surface area contributed by atoms with Crippen LogP contribution in [0.25, 0.3) is 0 Å². The summed E-state index contributed by atoms with van der Waals surface area (Å²) < 4.78 is 31.9. The third-order valence-electron chi connectivity index (χ3n) is 2.25. The first-order chi connectivity index (χ1) is 8.61. The van der Waals surface area contributed by atoms with E-state index in [-0.39, 0.29) is 15.8 Å². The number of hydrogen-bond acceptors (Lipinski definition) is 2. The zero-order valence-corrected chi connectivity index (χ0v) is 10.6. The zero-order valence-electron chi connectivity index (χ0n) is 8.99. The predicted octanol–water partition coefficient (Wildman–Crippen LogP) is 4.33. The maximum Gasteiger partial charge on any atom is 0.156 e. The molecule has 0 atom stereocenters. The summed E-state index contributed by atoms with van der Waals surface area (Å²) in [7, 11) is 0. The Morgan fingerprint density at radius 2 is 1.89 bits per heavy atom. The highest BCUT2D eigenvalue weighted by Crippen LogP contribution is 2.28. The van der Waals surface area contributed by atoms with Crippen LogP contribution in [0.1, 0.15) is 10.4 Å². The standard InChI is InChI=1S/C13H7BrF2O2/c14-10-6-8(4-5-12(10)16)18-13-3-1-2-11(15)9(13)7-17/h1-7H. The molecule has 0 aliphatic carbocycles. The van der Waals surface area contributed by atoms with Gasteiger partial charge in [-0.05, 0) is 46.3 Å². The maximum absolute atomic E-state index is 13.3. The molecule has 0 fully saturated rings. The summed E-state index contributed by atoms with van der Waals surface area (Å²) in [5.74, 6) is -0.707. The lowest BCUT2D eigenvalue weighted by molar-refractivity contribution is 0.111. The summed E-state index contributed by atoms with van der Waals surface area (Å²) in [6.07, 6.45) is 0.378. The van der Waals surface area contributed by atoms with Crippen LogP contribution in [-0.2, 0) is 0 Å². The van der Waals surface area contributed by atoms with Crippen molar-refractivity contribution in [3.63, 3.8) is 0 Å². The lowest BCUT2D eigenvalue weighted by Crippen LogP contribution is -1.94. The van der Waals surface area contributed by atoms with Gasteiger partial charge in [-0.15, -0.1) is 0 Å². The third-order valence-corrected chi connectivity index (χ3v) is 2.86. The highest BCUT2D eigenvalue weighted by Gasteiger charge is 2.10. The molecule has 92 valence electrons. The van der Waals surface area contributed by atoms with Gasteiger partial charge in [0.2, 0.25) is 0 Å². The molecule has 0 unspecified atom stereocenters. The Kier molecular flexibility index (Phi) is 3.72. The summed E-state index contributed by atoms with van der Waals surface area (Å²) in [6, 6.07) is 8.05. The van der Waals surface area contributed by atoms with Crippen molar-refractivity contribution >= 4 is 22.2 Å². The summed E-state index contributed by atoms with van der Waals surface area (Å²) in [4.78, 5) is 10.8. The number of ether oxygens (including phenoxy) is 1. The van der Waals surface area contributed by atoms with E-state index in [0.29, 0.717) is 12.0 Å². The molecule has 2 rings (SSSR count). The Morgan fingerprint density at radius 3 is 2.56 bits per heavy atom. The minimum atomic E-state index is -0.663. The minimum absolute atomic E-state index is 0.0866. The van der Waals surface area contributed by atoms with E-state index in [1.54, 1.807) is 0 Å². The highest BCUT2D eigenvalue weighted by molar-refractivity contribution is 9.10. The normalized spacial score (nSPS) is 10.2. The molecule has 0 spiro atoms. The second-order valence-electron chi connectivity index (χ2n) is 3.45. The number of rotatable bonds is 3. The first kappa shape index (κ1) is 12.7.